The Kier molecular flexibility index (Phi) is 6.01. The lowest BCUT2D eigenvalue weighted by atomic mass is 9.95. The Hall–Kier alpha value is -3.63. The molecule has 4 saturated heterocycles. The van der Waals surface area contributed by atoms with Crippen molar-refractivity contribution < 1.29 is 23.0 Å². The molecular formula is C32H32F3N5O2. The predicted molar refractivity (Wildman–Crippen MR) is 155 cm³/mol. The monoisotopic (exact) mass is 575 g/mol. The highest BCUT2D eigenvalue weighted by atomic mass is 19.1. The van der Waals surface area contributed by atoms with E-state index in [1.807, 2.05) is 6.07 Å². The second-order valence-corrected chi connectivity index (χ2v) is 12.4. The Labute approximate surface area is 241 Å². The van der Waals surface area contributed by atoms with E-state index < -0.39 is 17.8 Å². The molecule has 7 nitrogen and oxygen atoms in total. The third-order valence-electron chi connectivity index (χ3n) is 9.68. The van der Waals surface area contributed by atoms with Crippen LogP contribution in [0.3, 0.4) is 0 Å². The highest BCUT2D eigenvalue weighted by Gasteiger charge is 2.49. The lowest BCUT2D eigenvalue weighted by Gasteiger charge is -2.35. The molecule has 4 fully saturated rings. The highest BCUT2D eigenvalue weighted by Crippen LogP contribution is 2.42. The van der Waals surface area contributed by atoms with E-state index in [4.69, 9.17) is 9.72 Å². The van der Waals surface area contributed by atoms with Crippen molar-refractivity contribution in [1.82, 2.24) is 20.2 Å². The molecule has 0 aliphatic carbocycles. The van der Waals surface area contributed by atoms with Gasteiger partial charge >= 0.3 is 0 Å². The van der Waals surface area contributed by atoms with E-state index in [-0.39, 0.29) is 33.6 Å². The van der Waals surface area contributed by atoms with Crippen LogP contribution in [0.5, 0.6) is 11.6 Å². The first-order chi connectivity index (χ1) is 20.3. The van der Waals surface area contributed by atoms with Crippen molar-refractivity contribution in [2.75, 3.05) is 37.7 Å². The van der Waals surface area contributed by atoms with E-state index in [0.29, 0.717) is 48.3 Å². The molecule has 4 aliphatic rings. The first-order valence-electron chi connectivity index (χ1n) is 14.8. The Morgan fingerprint density at radius 3 is 2.69 bits per heavy atom. The molecule has 4 aliphatic heterocycles. The summed E-state index contributed by atoms with van der Waals surface area (Å²) in [5.74, 6) is -0.930. The average Bonchev–Trinajstić information content (AvgIpc) is 3.61. The number of hydrogen-bond acceptors (Lipinski definition) is 7. The lowest BCUT2D eigenvalue weighted by molar-refractivity contribution is 0.111. The summed E-state index contributed by atoms with van der Waals surface area (Å²) in [6.07, 6.45) is 3.63. The molecule has 42 heavy (non-hydrogen) atoms. The number of nitrogens with zero attached hydrogens (tertiary/aromatic N) is 4. The van der Waals surface area contributed by atoms with Gasteiger partial charge in [0, 0.05) is 60.5 Å². The zero-order chi connectivity index (χ0) is 28.6. The molecule has 0 saturated carbocycles. The quantitative estimate of drug-likeness (QED) is 0.333. The van der Waals surface area contributed by atoms with Gasteiger partial charge in [0.05, 0.1) is 11.2 Å². The second kappa shape index (κ2) is 9.70. The molecule has 2 aromatic heterocycles. The van der Waals surface area contributed by atoms with Gasteiger partial charge in [0.15, 0.2) is 5.65 Å². The van der Waals surface area contributed by atoms with Crippen molar-refractivity contribution in [1.29, 1.82) is 0 Å². The highest BCUT2D eigenvalue weighted by molar-refractivity contribution is 5.99. The second-order valence-electron chi connectivity index (χ2n) is 12.4. The molecule has 0 amide bonds. The first kappa shape index (κ1) is 26.0. The van der Waals surface area contributed by atoms with E-state index in [9.17, 15) is 9.50 Å². The van der Waals surface area contributed by atoms with Gasteiger partial charge in [0.1, 0.15) is 35.9 Å². The maximum atomic E-state index is 15.9. The number of hydrogen-bond donors (Lipinski definition) is 2. The standard InChI is InChI=1S/C32H32F3N5O2/c33-19-13-32(7-2-8-40(32)14-19)17-42-28-12-27(39-15-20-5-6-21(16-39)36-20)23-11-26(35)30(38-31(23)37-28)24-10-22(41)9-18-3-1-4-25(34)29(18)24/h1,3-4,9-12,19-21,36,41H,2,5-8,13-17H2/t19-,20?,21?,32?/m1/s1. The van der Waals surface area contributed by atoms with Gasteiger partial charge in [-0.15, -0.1) is 0 Å². The minimum Gasteiger partial charge on any atom is -0.508 e. The van der Waals surface area contributed by atoms with Crippen molar-refractivity contribution in [2.45, 2.75) is 55.9 Å². The fourth-order valence-corrected chi connectivity index (χ4v) is 7.81. The van der Waals surface area contributed by atoms with Crippen molar-refractivity contribution >= 4 is 27.5 Å². The zero-order valence-electron chi connectivity index (χ0n) is 23.1. The van der Waals surface area contributed by atoms with Gasteiger partial charge in [-0.1, -0.05) is 12.1 Å². The van der Waals surface area contributed by atoms with Crippen LogP contribution < -0.4 is 15.0 Å². The number of pyridine rings is 2. The first-order valence-corrected chi connectivity index (χ1v) is 14.8. The lowest BCUT2D eigenvalue weighted by Crippen LogP contribution is -2.51. The summed E-state index contributed by atoms with van der Waals surface area (Å²) in [6, 6.07) is 11.3. The van der Waals surface area contributed by atoms with Crippen LogP contribution in [-0.4, -0.2) is 76.6 Å². The fourth-order valence-electron chi connectivity index (χ4n) is 7.81. The van der Waals surface area contributed by atoms with E-state index in [2.05, 4.69) is 20.1 Å². The molecule has 2 N–H and O–H groups in total. The Bertz CT molecular complexity index is 1710. The smallest absolute Gasteiger partial charge is 0.217 e. The molecule has 0 radical (unpaired) electrons. The van der Waals surface area contributed by atoms with Gasteiger partial charge in [0.25, 0.3) is 0 Å². The number of phenols is 1. The SMILES string of the molecule is Oc1cc(-c2nc3nc(OCC45CCCN4C[C@H](F)C5)cc(N4CC5CCC(C4)N5)c3cc2F)c2c(F)cccc2c1. The maximum absolute atomic E-state index is 15.9. The number of ether oxygens (including phenoxy) is 1. The molecule has 8 rings (SSSR count). The number of nitrogens with one attached hydrogen (secondary N) is 1. The van der Waals surface area contributed by atoms with Crippen LogP contribution in [0.1, 0.15) is 32.1 Å². The van der Waals surface area contributed by atoms with Gasteiger partial charge < -0.3 is 20.1 Å². The summed E-state index contributed by atoms with van der Waals surface area (Å²) in [5, 5.41) is 15.2. The van der Waals surface area contributed by atoms with Crippen LogP contribution in [-0.2, 0) is 0 Å². The van der Waals surface area contributed by atoms with Gasteiger partial charge in [-0.2, -0.15) is 4.98 Å². The summed E-state index contributed by atoms with van der Waals surface area (Å²) in [5.41, 5.74) is 0.769. The minimum absolute atomic E-state index is 0.0962. The van der Waals surface area contributed by atoms with Crippen LogP contribution in [0.2, 0.25) is 0 Å². The average molecular weight is 576 g/mol. The number of alkyl halides is 1. The maximum Gasteiger partial charge on any atom is 0.217 e. The van der Waals surface area contributed by atoms with Crippen LogP contribution in [0, 0.1) is 11.6 Å². The number of benzene rings is 2. The molecule has 4 atom stereocenters. The molecule has 10 heteroatoms. The number of halogens is 3. The van der Waals surface area contributed by atoms with E-state index in [0.717, 1.165) is 51.0 Å². The van der Waals surface area contributed by atoms with Crippen LogP contribution in [0.4, 0.5) is 18.9 Å². The Morgan fingerprint density at radius 1 is 1.02 bits per heavy atom. The van der Waals surface area contributed by atoms with E-state index in [1.54, 1.807) is 12.1 Å². The Morgan fingerprint density at radius 2 is 1.86 bits per heavy atom. The van der Waals surface area contributed by atoms with Crippen LogP contribution >= 0.6 is 0 Å². The minimum atomic E-state index is -0.866. The number of anilines is 1. The van der Waals surface area contributed by atoms with Gasteiger partial charge in [0.2, 0.25) is 5.88 Å². The molecule has 2 bridgehead atoms. The van der Waals surface area contributed by atoms with Gasteiger partial charge in [-0.3, -0.25) is 4.90 Å². The number of piperazine rings is 1. The number of fused-ring (bicyclic) bond motifs is 5. The third-order valence-corrected chi connectivity index (χ3v) is 9.68. The van der Waals surface area contributed by atoms with Crippen molar-refractivity contribution in [3.63, 3.8) is 0 Å². The molecule has 218 valence electrons. The Balaban J connectivity index is 1.25. The summed E-state index contributed by atoms with van der Waals surface area (Å²) in [6.45, 7) is 3.14. The number of rotatable bonds is 5. The molecule has 6 heterocycles. The number of aromatic hydroxyl groups is 1. The topological polar surface area (TPSA) is 73.8 Å². The summed E-state index contributed by atoms with van der Waals surface area (Å²) >= 11 is 0. The van der Waals surface area contributed by atoms with Crippen LogP contribution in [0.25, 0.3) is 33.1 Å². The fraction of sp³-hybridized carbons (Fsp3) is 0.438. The molecule has 2 aromatic carbocycles. The normalized spacial score (nSPS) is 27.3. The van der Waals surface area contributed by atoms with E-state index in [1.165, 1.54) is 24.3 Å². The summed E-state index contributed by atoms with van der Waals surface area (Å²) < 4.78 is 51.7. The van der Waals surface area contributed by atoms with Gasteiger partial charge in [-0.05, 0) is 61.9 Å². The van der Waals surface area contributed by atoms with Gasteiger partial charge in [-0.25, -0.2) is 18.2 Å². The third kappa shape index (κ3) is 4.26. The molecule has 4 aromatic rings. The van der Waals surface area contributed by atoms with Crippen molar-refractivity contribution in [3.05, 3.63) is 54.1 Å². The number of aromatic nitrogens is 2. The van der Waals surface area contributed by atoms with Crippen LogP contribution in [0.15, 0.2) is 42.5 Å². The largest absolute Gasteiger partial charge is 0.508 e. The molecule has 3 unspecified atom stereocenters. The predicted octanol–water partition coefficient (Wildman–Crippen LogP) is 5.33. The number of phenolic OH excluding ortho intramolecular Hbond substituents is 1. The van der Waals surface area contributed by atoms with E-state index >= 15 is 8.78 Å². The van der Waals surface area contributed by atoms with Crippen molar-refractivity contribution in [2.24, 2.45) is 0 Å². The van der Waals surface area contributed by atoms with Crippen molar-refractivity contribution in [3.8, 4) is 22.9 Å². The molecular weight excluding hydrogens is 543 g/mol. The molecule has 0 spiro atoms. The zero-order valence-corrected chi connectivity index (χ0v) is 23.1. The summed E-state index contributed by atoms with van der Waals surface area (Å²) in [7, 11) is 0. The summed E-state index contributed by atoms with van der Waals surface area (Å²) in [4.78, 5) is 13.8.